The summed E-state index contributed by atoms with van der Waals surface area (Å²) in [7, 11) is 1.83. The van der Waals surface area contributed by atoms with Gasteiger partial charge in [0.1, 0.15) is 0 Å². The topological polar surface area (TPSA) is 53.5 Å². The van der Waals surface area contributed by atoms with E-state index in [-0.39, 0.29) is 17.7 Å². The highest BCUT2D eigenvalue weighted by Gasteiger charge is 2.29. The summed E-state index contributed by atoms with van der Waals surface area (Å²) in [4.78, 5) is 34.5. The van der Waals surface area contributed by atoms with Crippen molar-refractivity contribution in [1.82, 2.24) is 14.8 Å². The number of pyridine rings is 1. The van der Waals surface area contributed by atoms with Crippen LogP contribution in [0.1, 0.15) is 56.4 Å². The summed E-state index contributed by atoms with van der Waals surface area (Å²) in [5.41, 5.74) is 4.25. The number of nitrogens with zero attached hydrogens (tertiary/aromatic N) is 3. The van der Waals surface area contributed by atoms with Gasteiger partial charge in [-0.1, -0.05) is 48.5 Å². The average molecular weight is 428 g/mol. The van der Waals surface area contributed by atoms with Gasteiger partial charge in [-0.05, 0) is 49.6 Å². The lowest BCUT2D eigenvalue weighted by Crippen LogP contribution is -2.38. The Morgan fingerprint density at radius 2 is 1.56 bits per heavy atom. The average Bonchev–Trinajstić information content (AvgIpc) is 2.84. The molecular weight excluding hydrogens is 398 g/mol. The Kier molecular flexibility index (Phi) is 6.64. The van der Waals surface area contributed by atoms with E-state index < -0.39 is 0 Å². The summed E-state index contributed by atoms with van der Waals surface area (Å²) in [5, 5.41) is 0. The van der Waals surface area contributed by atoms with Crippen LogP contribution in [0.15, 0.2) is 72.8 Å². The predicted octanol–water partition coefficient (Wildman–Crippen LogP) is 4.68. The van der Waals surface area contributed by atoms with Crippen molar-refractivity contribution in [3.8, 4) is 0 Å². The number of hydrogen-bond donors (Lipinski definition) is 0. The van der Waals surface area contributed by atoms with Gasteiger partial charge in [0.2, 0.25) is 0 Å². The maximum Gasteiger partial charge on any atom is 0.255 e. The Balaban J connectivity index is 1.48. The Morgan fingerprint density at radius 1 is 0.938 bits per heavy atom. The molecule has 3 aromatic rings. The van der Waals surface area contributed by atoms with Crippen LogP contribution in [0.4, 0.5) is 0 Å². The molecule has 2 heterocycles. The first kappa shape index (κ1) is 21.8. The molecule has 1 saturated heterocycles. The van der Waals surface area contributed by atoms with Crippen molar-refractivity contribution >= 4 is 11.8 Å². The highest BCUT2D eigenvalue weighted by atomic mass is 16.2. The lowest BCUT2D eigenvalue weighted by molar-refractivity contribution is 0.0706. The van der Waals surface area contributed by atoms with Crippen LogP contribution in [0.25, 0.3) is 0 Å². The van der Waals surface area contributed by atoms with E-state index in [2.05, 4.69) is 0 Å². The smallest absolute Gasteiger partial charge is 0.255 e. The monoisotopic (exact) mass is 427 g/mol. The Bertz CT molecular complexity index is 1070. The Hall–Kier alpha value is -3.47. The molecule has 164 valence electrons. The Morgan fingerprint density at radius 3 is 2.22 bits per heavy atom. The fourth-order valence-corrected chi connectivity index (χ4v) is 4.32. The zero-order valence-electron chi connectivity index (χ0n) is 18.7. The number of benzene rings is 2. The van der Waals surface area contributed by atoms with E-state index in [1.165, 1.54) is 0 Å². The Labute approximate surface area is 189 Å². The third-order valence-electron chi connectivity index (χ3n) is 6.09. The molecule has 2 amide bonds. The lowest BCUT2D eigenvalue weighted by Gasteiger charge is -2.33. The number of aryl methyl sites for hydroxylation is 1. The number of hydrogen-bond acceptors (Lipinski definition) is 3. The molecule has 5 heteroatoms. The molecule has 0 atom stereocenters. The molecule has 1 aliphatic rings. The van der Waals surface area contributed by atoms with Gasteiger partial charge in [-0.15, -0.1) is 0 Å². The van der Waals surface area contributed by atoms with E-state index in [4.69, 9.17) is 4.98 Å². The van der Waals surface area contributed by atoms with Crippen molar-refractivity contribution in [1.29, 1.82) is 0 Å². The third kappa shape index (κ3) is 4.88. The van der Waals surface area contributed by atoms with Gasteiger partial charge in [0.25, 0.3) is 11.8 Å². The molecule has 0 saturated carbocycles. The number of aromatic nitrogens is 1. The quantitative estimate of drug-likeness (QED) is 0.594. The van der Waals surface area contributed by atoms with Crippen LogP contribution in [0.5, 0.6) is 0 Å². The second-order valence-corrected chi connectivity index (χ2v) is 8.46. The first-order chi connectivity index (χ1) is 15.5. The van der Waals surface area contributed by atoms with Crippen LogP contribution in [-0.4, -0.2) is 46.7 Å². The van der Waals surface area contributed by atoms with Crippen molar-refractivity contribution < 1.29 is 9.59 Å². The van der Waals surface area contributed by atoms with Crippen molar-refractivity contribution in [3.05, 3.63) is 101 Å². The summed E-state index contributed by atoms with van der Waals surface area (Å²) in [6, 6.07) is 23.2. The highest BCUT2D eigenvalue weighted by molar-refractivity contribution is 5.95. The minimum Gasteiger partial charge on any atom is -0.339 e. The summed E-state index contributed by atoms with van der Waals surface area (Å²) < 4.78 is 0. The van der Waals surface area contributed by atoms with Crippen LogP contribution in [-0.2, 0) is 6.54 Å². The SMILES string of the molecule is Cc1ccc(C(=O)N(C)Cc2ccccc2)c(C2CCN(C(=O)c3ccccc3)CC2)n1. The van der Waals surface area contributed by atoms with E-state index in [9.17, 15) is 9.59 Å². The zero-order valence-corrected chi connectivity index (χ0v) is 18.7. The molecule has 0 unspecified atom stereocenters. The van der Waals surface area contributed by atoms with Crippen LogP contribution < -0.4 is 0 Å². The van der Waals surface area contributed by atoms with Crippen LogP contribution in [0, 0.1) is 6.92 Å². The van der Waals surface area contributed by atoms with Gasteiger partial charge >= 0.3 is 0 Å². The van der Waals surface area contributed by atoms with Gasteiger partial charge in [-0.25, -0.2) is 0 Å². The van der Waals surface area contributed by atoms with Crippen molar-refractivity contribution in [3.63, 3.8) is 0 Å². The second-order valence-electron chi connectivity index (χ2n) is 8.46. The summed E-state index contributed by atoms with van der Waals surface area (Å²) in [6.07, 6.45) is 1.61. The van der Waals surface area contributed by atoms with E-state index >= 15 is 0 Å². The molecule has 0 radical (unpaired) electrons. The number of amides is 2. The highest BCUT2D eigenvalue weighted by Crippen LogP contribution is 2.30. The van der Waals surface area contributed by atoms with E-state index in [1.54, 1.807) is 4.90 Å². The molecule has 0 N–H and O–H groups in total. The van der Waals surface area contributed by atoms with Crippen molar-refractivity contribution in [2.24, 2.45) is 0 Å². The number of rotatable bonds is 5. The predicted molar refractivity (Wildman–Crippen MR) is 126 cm³/mol. The molecule has 32 heavy (non-hydrogen) atoms. The second kappa shape index (κ2) is 9.77. The largest absolute Gasteiger partial charge is 0.339 e. The number of piperidine rings is 1. The van der Waals surface area contributed by atoms with Gasteiger partial charge in [-0.3, -0.25) is 14.6 Å². The van der Waals surface area contributed by atoms with Gasteiger partial charge in [0.05, 0.1) is 11.3 Å². The molecule has 1 aliphatic heterocycles. The fourth-order valence-electron chi connectivity index (χ4n) is 4.32. The van der Waals surface area contributed by atoms with Gasteiger partial charge in [0.15, 0.2) is 0 Å². The maximum absolute atomic E-state index is 13.3. The minimum atomic E-state index is -0.0147. The summed E-state index contributed by atoms with van der Waals surface area (Å²) in [6.45, 7) is 3.85. The van der Waals surface area contributed by atoms with Crippen molar-refractivity contribution in [2.75, 3.05) is 20.1 Å². The van der Waals surface area contributed by atoms with Gasteiger partial charge < -0.3 is 9.80 Å². The summed E-state index contributed by atoms with van der Waals surface area (Å²) >= 11 is 0. The lowest BCUT2D eigenvalue weighted by atomic mass is 9.89. The minimum absolute atomic E-state index is 0.0147. The fraction of sp³-hybridized carbons (Fsp3) is 0.296. The summed E-state index contributed by atoms with van der Waals surface area (Å²) in [5.74, 6) is 0.220. The van der Waals surface area contributed by atoms with E-state index in [1.807, 2.05) is 91.7 Å². The zero-order chi connectivity index (χ0) is 22.5. The molecule has 0 aliphatic carbocycles. The first-order valence-corrected chi connectivity index (χ1v) is 11.1. The van der Waals surface area contributed by atoms with Gasteiger partial charge in [0, 0.05) is 43.9 Å². The van der Waals surface area contributed by atoms with Crippen LogP contribution >= 0.6 is 0 Å². The number of likely N-dealkylation sites (tertiary alicyclic amines) is 1. The van der Waals surface area contributed by atoms with Crippen LogP contribution in [0.3, 0.4) is 0 Å². The molecule has 1 aromatic heterocycles. The normalized spacial score (nSPS) is 14.2. The number of carbonyl (C=O) groups is 2. The van der Waals surface area contributed by atoms with Crippen molar-refractivity contribution in [2.45, 2.75) is 32.2 Å². The van der Waals surface area contributed by atoms with Crippen LogP contribution in [0.2, 0.25) is 0 Å². The maximum atomic E-state index is 13.3. The number of carbonyl (C=O) groups excluding carboxylic acids is 2. The van der Waals surface area contributed by atoms with E-state index in [0.717, 1.165) is 35.4 Å². The molecular formula is C27H29N3O2. The standard InChI is InChI=1S/C27H29N3O2/c1-20-13-14-24(27(32)29(2)19-21-9-5-3-6-10-21)25(28-20)22-15-17-30(18-16-22)26(31)23-11-7-4-8-12-23/h3-14,22H,15-19H2,1-2H3. The third-order valence-corrected chi connectivity index (χ3v) is 6.09. The van der Waals surface area contributed by atoms with E-state index in [0.29, 0.717) is 25.2 Å². The first-order valence-electron chi connectivity index (χ1n) is 11.1. The molecule has 0 bridgehead atoms. The van der Waals surface area contributed by atoms with Gasteiger partial charge in [-0.2, -0.15) is 0 Å². The molecule has 0 spiro atoms. The molecule has 2 aromatic carbocycles. The molecule has 1 fully saturated rings. The molecule has 5 nitrogen and oxygen atoms in total. The molecule has 4 rings (SSSR count).